The van der Waals surface area contributed by atoms with Crippen molar-refractivity contribution in [3.8, 4) is 0 Å². The maximum absolute atomic E-state index is 12.5. The topological polar surface area (TPSA) is 46.9 Å². The molecule has 1 atom stereocenters. The van der Waals surface area contributed by atoms with E-state index in [9.17, 15) is 4.79 Å². The Labute approximate surface area is 142 Å². The number of hydrogen-bond acceptors (Lipinski definition) is 2. The van der Waals surface area contributed by atoms with Gasteiger partial charge >= 0.3 is 0 Å². The molecular weight excluding hydrogens is 298 g/mol. The van der Waals surface area contributed by atoms with E-state index < -0.39 is 0 Å². The Morgan fingerprint density at radius 1 is 1.12 bits per heavy atom. The smallest absolute Gasteiger partial charge is 0.225 e. The summed E-state index contributed by atoms with van der Waals surface area (Å²) in [6.07, 6.45) is 3.99. The predicted molar refractivity (Wildman–Crippen MR) is 94.5 cm³/mol. The number of nitrogens with one attached hydrogen (secondary N) is 1. The highest BCUT2D eigenvalue weighted by Gasteiger charge is 2.20. The average Bonchev–Trinajstić information content (AvgIpc) is 3.01. The minimum absolute atomic E-state index is 0.0179. The van der Waals surface area contributed by atoms with Gasteiger partial charge in [-0.15, -0.1) is 0 Å². The van der Waals surface area contributed by atoms with Gasteiger partial charge in [-0.2, -0.15) is 0 Å². The molecule has 0 aliphatic heterocycles. The zero-order valence-electron chi connectivity index (χ0n) is 13.9. The van der Waals surface area contributed by atoms with Gasteiger partial charge in [-0.25, -0.2) is 4.98 Å². The molecule has 3 aromatic rings. The van der Waals surface area contributed by atoms with Crippen LogP contribution in [0.2, 0.25) is 0 Å². The number of carbonyl (C=O) groups is 1. The van der Waals surface area contributed by atoms with Crippen LogP contribution in [0, 0.1) is 6.92 Å². The van der Waals surface area contributed by atoms with Crippen LogP contribution in [-0.2, 0) is 18.3 Å². The van der Waals surface area contributed by atoms with E-state index in [4.69, 9.17) is 0 Å². The second kappa shape index (κ2) is 7.13. The van der Waals surface area contributed by atoms with Crippen molar-refractivity contribution in [2.24, 2.45) is 7.05 Å². The van der Waals surface area contributed by atoms with Gasteiger partial charge < -0.3 is 9.88 Å². The van der Waals surface area contributed by atoms with Gasteiger partial charge in [0.15, 0.2) is 0 Å². The zero-order chi connectivity index (χ0) is 16.9. The molecule has 1 heterocycles. The normalized spacial score (nSPS) is 11.9. The van der Waals surface area contributed by atoms with Crippen molar-refractivity contribution in [1.29, 1.82) is 0 Å². The summed E-state index contributed by atoms with van der Waals surface area (Å²) in [5.74, 6) is 0.800. The minimum atomic E-state index is -0.260. The van der Waals surface area contributed by atoms with E-state index >= 15 is 0 Å². The lowest BCUT2D eigenvalue weighted by Gasteiger charge is -2.19. The first-order chi connectivity index (χ1) is 11.6. The van der Waals surface area contributed by atoms with E-state index in [-0.39, 0.29) is 11.9 Å². The molecule has 0 radical (unpaired) electrons. The fourth-order valence-electron chi connectivity index (χ4n) is 2.70. The van der Waals surface area contributed by atoms with Crippen LogP contribution in [0.3, 0.4) is 0 Å². The lowest BCUT2D eigenvalue weighted by atomic mass is 10.0. The first-order valence-electron chi connectivity index (χ1n) is 8.00. The standard InChI is InChI=1S/C20H21N3O/c1-15-8-10-16(11-9-15)14-18(24)22-19(17-6-4-3-5-7-17)20-21-12-13-23(20)2/h3-13,19H,14H2,1-2H3,(H,22,24)/t19-/m1/s1. The Hall–Kier alpha value is -2.88. The zero-order valence-corrected chi connectivity index (χ0v) is 13.9. The molecule has 4 nitrogen and oxygen atoms in total. The van der Waals surface area contributed by atoms with Crippen LogP contribution in [-0.4, -0.2) is 15.5 Å². The maximum Gasteiger partial charge on any atom is 0.225 e. The molecule has 0 aliphatic rings. The van der Waals surface area contributed by atoms with Crippen molar-refractivity contribution in [3.63, 3.8) is 0 Å². The van der Waals surface area contributed by atoms with E-state index in [0.717, 1.165) is 17.0 Å². The van der Waals surface area contributed by atoms with Gasteiger partial charge in [0.05, 0.1) is 6.42 Å². The number of hydrogen-bond donors (Lipinski definition) is 1. The summed E-state index contributed by atoms with van der Waals surface area (Å²) in [7, 11) is 1.93. The van der Waals surface area contributed by atoms with Crippen molar-refractivity contribution >= 4 is 5.91 Å². The van der Waals surface area contributed by atoms with Gasteiger partial charge in [0, 0.05) is 19.4 Å². The van der Waals surface area contributed by atoms with E-state index in [1.807, 2.05) is 79.3 Å². The number of benzene rings is 2. The number of carbonyl (C=O) groups excluding carboxylic acids is 1. The number of nitrogens with zero attached hydrogens (tertiary/aromatic N) is 2. The first kappa shape index (κ1) is 16.0. The fourth-order valence-corrected chi connectivity index (χ4v) is 2.70. The molecular formula is C20H21N3O. The summed E-state index contributed by atoms with van der Waals surface area (Å²) in [6.45, 7) is 2.04. The molecule has 0 fully saturated rings. The average molecular weight is 319 g/mol. The summed E-state index contributed by atoms with van der Waals surface area (Å²) in [5, 5.41) is 3.12. The van der Waals surface area contributed by atoms with Crippen LogP contribution in [0.5, 0.6) is 0 Å². The van der Waals surface area contributed by atoms with Gasteiger partial charge in [-0.1, -0.05) is 60.2 Å². The molecule has 1 amide bonds. The molecule has 122 valence electrons. The molecule has 0 unspecified atom stereocenters. The molecule has 0 spiro atoms. The number of aromatic nitrogens is 2. The Bertz CT molecular complexity index is 806. The quantitative estimate of drug-likeness (QED) is 0.785. The third kappa shape index (κ3) is 3.71. The van der Waals surface area contributed by atoms with Crippen molar-refractivity contribution in [1.82, 2.24) is 14.9 Å². The highest BCUT2D eigenvalue weighted by atomic mass is 16.1. The van der Waals surface area contributed by atoms with Crippen LogP contribution < -0.4 is 5.32 Å². The van der Waals surface area contributed by atoms with E-state index in [0.29, 0.717) is 6.42 Å². The van der Waals surface area contributed by atoms with Crippen molar-refractivity contribution < 1.29 is 4.79 Å². The van der Waals surface area contributed by atoms with Gasteiger partial charge in [0.1, 0.15) is 11.9 Å². The molecule has 2 aromatic carbocycles. The Kier molecular flexibility index (Phi) is 4.75. The first-order valence-corrected chi connectivity index (χ1v) is 8.00. The summed E-state index contributed by atoms with van der Waals surface area (Å²) < 4.78 is 1.93. The van der Waals surface area contributed by atoms with E-state index in [1.54, 1.807) is 6.20 Å². The highest BCUT2D eigenvalue weighted by Crippen LogP contribution is 2.20. The van der Waals surface area contributed by atoms with Crippen LogP contribution in [0.15, 0.2) is 67.0 Å². The third-order valence-corrected chi connectivity index (χ3v) is 4.04. The second-order valence-corrected chi connectivity index (χ2v) is 5.97. The van der Waals surface area contributed by atoms with Gasteiger partial charge in [-0.3, -0.25) is 4.79 Å². The van der Waals surface area contributed by atoms with Crippen molar-refractivity contribution in [2.75, 3.05) is 0 Å². The molecule has 4 heteroatoms. The lowest BCUT2D eigenvalue weighted by Crippen LogP contribution is -2.32. The Morgan fingerprint density at radius 3 is 2.46 bits per heavy atom. The molecule has 24 heavy (non-hydrogen) atoms. The highest BCUT2D eigenvalue weighted by molar-refractivity contribution is 5.79. The predicted octanol–water partition coefficient (Wildman–Crippen LogP) is 3.18. The molecule has 0 saturated heterocycles. The van der Waals surface area contributed by atoms with Gasteiger partial charge in [-0.05, 0) is 18.1 Å². The minimum Gasteiger partial charge on any atom is -0.342 e. The van der Waals surface area contributed by atoms with Gasteiger partial charge in [0.25, 0.3) is 0 Å². The van der Waals surface area contributed by atoms with E-state index in [1.165, 1.54) is 5.56 Å². The van der Waals surface area contributed by atoms with Gasteiger partial charge in [0.2, 0.25) is 5.91 Å². The summed E-state index contributed by atoms with van der Waals surface area (Å²) in [5.41, 5.74) is 3.21. The Morgan fingerprint density at radius 2 is 1.83 bits per heavy atom. The summed E-state index contributed by atoms with van der Waals surface area (Å²) in [6, 6.07) is 17.7. The van der Waals surface area contributed by atoms with Crippen LogP contribution in [0.1, 0.15) is 28.6 Å². The van der Waals surface area contributed by atoms with E-state index in [2.05, 4.69) is 10.3 Å². The molecule has 3 rings (SSSR count). The Balaban J connectivity index is 1.80. The largest absolute Gasteiger partial charge is 0.342 e. The fraction of sp³-hybridized carbons (Fsp3) is 0.200. The maximum atomic E-state index is 12.5. The molecule has 0 bridgehead atoms. The molecule has 0 aliphatic carbocycles. The SMILES string of the molecule is Cc1ccc(CC(=O)N[C@H](c2ccccc2)c2nccn2C)cc1. The second-order valence-electron chi connectivity index (χ2n) is 5.97. The molecule has 0 saturated carbocycles. The molecule has 1 aromatic heterocycles. The lowest BCUT2D eigenvalue weighted by molar-refractivity contribution is -0.121. The summed E-state index contributed by atoms with van der Waals surface area (Å²) >= 11 is 0. The van der Waals surface area contributed by atoms with Crippen LogP contribution >= 0.6 is 0 Å². The number of imidazole rings is 1. The number of rotatable bonds is 5. The number of aryl methyl sites for hydroxylation is 2. The monoisotopic (exact) mass is 319 g/mol. The third-order valence-electron chi connectivity index (χ3n) is 4.04. The summed E-state index contributed by atoms with van der Waals surface area (Å²) in [4.78, 5) is 17.0. The van der Waals surface area contributed by atoms with Crippen LogP contribution in [0.25, 0.3) is 0 Å². The van der Waals surface area contributed by atoms with Crippen molar-refractivity contribution in [3.05, 3.63) is 89.5 Å². The van der Waals surface area contributed by atoms with Crippen molar-refractivity contribution in [2.45, 2.75) is 19.4 Å². The van der Waals surface area contributed by atoms with Crippen LogP contribution in [0.4, 0.5) is 0 Å². The number of amides is 1. The molecule has 1 N–H and O–H groups in total.